The van der Waals surface area contributed by atoms with Gasteiger partial charge in [0, 0.05) is 22.2 Å². The van der Waals surface area contributed by atoms with Crippen LogP contribution in [0.2, 0.25) is 0 Å². The van der Waals surface area contributed by atoms with Crippen LogP contribution < -0.4 is 9.30 Å². The third kappa shape index (κ3) is 11.3. The molecule has 3 rings (SSSR count). The predicted octanol–water partition coefficient (Wildman–Crippen LogP) is 9.26. The molecule has 186 valence electrons. The zero-order valence-electron chi connectivity index (χ0n) is 21.3. The number of hydrogen-bond acceptors (Lipinski definition) is 1. The van der Waals surface area contributed by atoms with Gasteiger partial charge in [-0.3, -0.25) is 0 Å². The number of halogens is 1. The second-order valence-corrected chi connectivity index (χ2v) is 10.3. The van der Waals surface area contributed by atoms with E-state index in [2.05, 4.69) is 113 Å². The fraction of sp³-hybridized carbons (Fsp3) is 0.406. The maximum atomic E-state index is 5.93. The molecule has 35 heavy (non-hydrogen) atoms. The van der Waals surface area contributed by atoms with E-state index in [-0.39, 0.29) is 0 Å². The summed E-state index contributed by atoms with van der Waals surface area (Å²) in [7, 11) is 0. The van der Waals surface area contributed by atoms with Crippen molar-refractivity contribution in [3.8, 4) is 5.75 Å². The van der Waals surface area contributed by atoms with Crippen LogP contribution in [0, 0.1) is 0 Å². The summed E-state index contributed by atoms with van der Waals surface area (Å²) in [5.41, 5.74) is 3.66. The summed E-state index contributed by atoms with van der Waals surface area (Å²) in [6.45, 7) is 3.97. The third-order valence-electron chi connectivity index (χ3n) is 6.31. The molecule has 0 saturated carbocycles. The van der Waals surface area contributed by atoms with Crippen molar-refractivity contribution < 1.29 is 9.30 Å². The molecule has 0 spiro atoms. The van der Waals surface area contributed by atoms with Gasteiger partial charge in [-0.2, -0.15) is 0 Å². The standard InChI is InChI=1S/C32H41BrNO/c1-2-3-4-5-6-7-8-9-10-11-26-35-32-20-16-28(17-21-32)12-13-29-22-24-34(25-23-29)27-30-14-18-31(33)19-15-30/h12-25H,2-11,26-27H2,1H3/q+1/b13-12+. The topological polar surface area (TPSA) is 13.1 Å². The van der Waals surface area contributed by atoms with Crippen LogP contribution in [-0.2, 0) is 6.54 Å². The van der Waals surface area contributed by atoms with Gasteiger partial charge in [0.05, 0.1) is 6.61 Å². The molecule has 0 atom stereocenters. The van der Waals surface area contributed by atoms with Crippen molar-refractivity contribution in [2.45, 2.75) is 77.7 Å². The third-order valence-corrected chi connectivity index (χ3v) is 6.84. The Morgan fingerprint density at radius 1 is 0.657 bits per heavy atom. The van der Waals surface area contributed by atoms with Gasteiger partial charge in [0.15, 0.2) is 18.9 Å². The number of unbranched alkanes of at least 4 members (excludes halogenated alkanes) is 9. The lowest BCUT2D eigenvalue weighted by Gasteiger charge is -2.06. The fourth-order valence-electron chi connectivity index (χ4n) is 4.13. The van der Waals surface area contributed by atoms with E-state index in [1.54, 1.807) is 0 Å². The number of nitrogens with zero attached hydrogens (tertiary/aromatic N) is 1. The number of aromatic nitrogens is 1. The average Bonchev–Trinajstić information content (AvgIpc) is 2.89. The lowest BCUT2D eigenvalue weighted by atomic mass is 10.1. The first-order chi connectivity index (χ1) is 17.2. The molecule has 0 aliphatic carbocycles. The molecule has 3 heteroatoms. The van der Waals surface area contributed by atoms with E-state index in [9.17, 15) is 0 Å². The van der Waals surface area contributed by atoms with Crippen LogP contribution in [0.15, 0.2) is 77.5 Å². The molecule has 0 N–H and O–H groups in total. The minimum absolute atomic E-state index is 0.815. The molecule has 0 bridgehead atoms. The van der Waals surface area contributed by atoms with Crippen molar-refractivity contribution in [2.24, 2.45) is 0 Å². The van der Waals surface area contributed by atoms with Crippen molar-refractivity contribution >= 4 is 28.1 Å². The number of ether oxygens (including phenoxy) is 1. The summed E-state index contributed by atoms with van der Waals surface area (Å²) < 4.78 is 9.24. The Labute approximate surface area is 221 Å². The number of rotatable bonds is 16. The summed E-state index contributed by atoms with van der Waals surface area (Å²) in [6.07, 6.45) is 22.1. The Hall–Kier alpha value is -2.39. The first kappa shape index (κ1) is 27.2. The number of pyridine rings is 1. The van der Waals surface area contributed by atoms with Gasteiger partial charge in [0.25, 0.3) is 0 Å². The molecule has 0 radical (unpaired) electrons. The van der Waals surface area contributed by atoms with E-state index in [0.717, 1.165) is 29.8 Å². The lowest BCUT2D eigenvalue weighted by Crippen LogP contribution is -2.33. The maximum Gasteiger partial charge on any atom is 0.173 e. The zero-order valence-corrected chi connectivity index (χ0v) is 22.9. The molecule has 0 saturated heterocycles. The normalized spacial score (nSPS) is 11.3. The van der Waals surface area contributed by atoms with Crippen molar-refractivity contribution in [3.05, 3.63) is 94.2 Å². The van der Waals surface area contributed by atoms with Crippen molar-refractivity contribution in [2.75, 3.05) is 6.61 Å². The van der Waals surface area contributed by atoms with E-state index in [1.165, 1.54) is 74.5 Å². The Kier molecular flexibility index (Phi) is 12.7. The Morgan fingerprint density at radius 3 is 1.80 bits per heavy atom. The second-order valence-electron chi connectivity index (χ2n) is 9.36. The molecular formula is C32H41BrNO+. The summed E-state index contributed by atoms with van der Waals surface area (Å²) in [5.74, 6) is 0.965. The quantitative estimate of drug-likeness (QED) is 0.132. The first-order valence-corrected chi connectivity index (χ1v) is 14.2. The monoisotopic (exact) mass is 534 g/mol. The minimum Gasteiger partial charge on any atom is -0.494 e. The predicted molar refractivity (Wildman–Crippen MR) is 153 cm³/mol. The number of hydrogen-bond donors (Lipinski definition) is 0. The molecule has 0 aliphatic rings. The molecule has 0 aliphatic heterocycles. The largest absolute Gasteiger partial charge is 0.494 e. The average molecular weight is 536 g/mol. The van der Waals surface area contributed by atoms with Gasteiger partial charge >= 0.3 is 0 Å². The lowest BCUT2D eigenvalue weighted by molar-refractivity contribution is -0.688. The molecule has 0 fully saturated rings. The SMILES string of the molecule is CCCCCCCCCCCCOc1ccc(/C=C/c2cc[n+](Cc3ccc(Br)cc3)cc2)cc1. The molecule has 3 aromatic rings. The molecule has 1 aromatic heterocycles. The highest BCUT2D eigenvalue weighted by Gasteiger charge is 2.02. The van der Waals surface area contributed by atoms with Gasteiger partial charge < -0.3 is 4.74 Å². The molecule has 0 unspecified atom stereocenters. The van der Waals surface area contributed by atoms with Crippen molar-refractivity contribution in [1.29, 1.82) is 0 Å². The Balaban J connectivity index is 1.31. The van der Waals surface area contributed by atoms with E-state index in [0.29, 0.717) is 0 Å². The van der Waals surface area contributed by atoms with Gasteiger partial charge in [-0.15, -0.1) is 0 Å². The van der Waals surface area contributed by atoms with Crippen molar-refractivity contribution in [3.63, 3.8) is 0 Å². The van der Waals surface area contributed by atoms with E-state index in [1.807, 2.05) is 0 Å². The van der Waals surface area contributed by atoms with Crippen LogP contribution in [0.5, 0.6) is 5.75 Å². The van der Waals surface area contributed by atoms with Crippen LogP contribution in [0.1, 0.15) is 87.8 Å². The summed E-state index contributed by atoms with van der Waals surface area (Å²) in [6, 6.07) is 21.2. The minimum atomic E-state index is 0.815. The molecule has 2 nitrogen and oxygen atoms in total. The molecule has 1 heterocycles. The highest BCUT2D eigenvalue weighted by atomic mass is 79.9. The maximum absolute atomic E-state index is 5.93. The van der Waals surface area contributed by atoms with Gasteiger partial charge in [-0.05, 0) is 41.8 Å². The van der Waals surface area contributed by atoms with Crippen LogP contribution in [0.25, 0.3) is 12.2 Å². The van der Waals surface area contributed by atoms with Gasteiger partial charge in [-0.1, -0.05) is 117 Å². The molecular weight excluding hydrogens is 494 g/mol. The smallest absolute Gasteiger partial charge is 0.173 e. The summed E-state index contributed by atoms with van der Waals surface area (Å²) in [5, 5.41) is 0. The van der Waals surface area contributed by atoms with Crippen LogP contribution in [0.3, 0.4) is 0 Å². The van der Waals surface area contributed by atoms with Crippen LogP contribution in [-0.4, -0.2) is 6.61 Å². The van der Waals surface area contributed by atoms with E-state index < -0.39 is 0 Å². The van der Waals surface area contributed by atoms with E-state index in [4.69, 9.17) is 4.74 Å². The van der Waals surface area contributed by atoms with Gasteiger partial charge in [-0.25, -0.2) is 4.57 Å². The Morgan fingerprint density at radius 2 is 1.20 bits per heavy atom. The summed E-state index contributed by atoms with van der Waals surface area (Å²) in [4.78, 5) is 0. The van der Waals surface area contributed by atoms with Gasteiger partial charge in [0.2, 0.25) is 0 Å². The Bertz CT molecular complexity index is 978. The van der Waals surface area contributed by atoms with E-state index >= 15 is 0 Å². The highest BCUT2D eigenvalue weighted by molar-refractivity contribution is 9.10. The summed E-state index contributed by atoms with van der Waals surface area (Å²) >= 11 is 3.49. The molecule has 0 amide bonds. The number of benzene rings is 2. The highest BCUT2D eigenvalue weighted by Crippen LogP contribution is 2.16. The second kappa shape index (κ2) is 16.3. The van der Waals surface area contributed by atoms with Crippen molar-refractivity contribution in [1.82, 2.24) is 0 Å². The van der Waals surface area contributed by atoms with Gasteiger partial charge in [0.1, 0.15) is 5.75 Å². The van der Waals surface area contributed by atoms with Crippen LogP contribution in [0.4, 0.5) is 0 Å². The van der Waals surface area contributed by atoms with Crippen LogP contribution >= 0.6 is 15.9 Å². The first-order valence-electron chi connectivity index (χ1n) is 13.4. The molecule has 2 aromatic carbocycles. The zero-order chi connectivity index (χ0) is 24.6. The fourth-order valence-corrected chi connectivity index (χ4v) is 4.40.